The van der Waals surface area contributed by atoms with Gasteiger partial charge in [-0.15, -0.1) is 0 Å². The average molecular weight is 563 g/mol. The number of aryl methyl sites for hydroxylation is 1. The third kappa shape index (κ3) is 3.72. The molecule has 1 N–H and O–H groups in total. The molecule has 6 rings (SSSR count). The van der Waals surface area contributed by atoms with Gasteiger partial charge in [-0.2, -0.15) is 0 Å². The molecule has 0 spiro atoms. The second-order valence-electron chi connectivity index (χ2n) is 8.71. The summed E-state index contributed by atoms with van der Waals surface area (Å²) in [6, 6.07) is 17.5. The molecule has 1 aliphatic heterocycles. The Labute approximate surface area is 218 Å². The molecule has 8 heteroatoms. The number of hydrogen-bond acceptors (Lipinski definition) is 5. The highest BCUT2D eigenvalue weighted by molar-refractivity contribution is 9.10. The first-order valence-corrected chi connectivity index (χ1v) is 13.0. The van der Waals surface area contributed by atoms with Gasteiger partial charge in [0.05, 0.1) is 23.4 Å². The number of hydrogen-bond donors (Lipinski definition) is 1. The van der Waals surface area contributed by atoms with Crippen molar-refractivity contribution in [2.45, 2.75) is 18.9 Å². The van der Waals surface area contributed by atoms with E-state index in [9.17, 15) is 14.3 Å². The van der Waals surface area contributed by atoms with Gasteiger partial charge in [0.2, 0.25) is 0 Å². The summed E-state index contributed by atoms with van der Waals surface area (Å²) < 4.78 is 21.9. The summed E-state index contributed by atoms with van der Waals surface area (Å²) in [6.07, 6.45) is 3.26. The number of phenols is 1. The number of nitrogens with zero attached hydrogens (tertiary/aromatic N) is 2. The van der Waals surface area contributed by atoms with Crippen LogP contribution in [0.2, 0.25) is 0 Å². The van der Waals surface area contributed by atoms with Gasteiger partial charge in [-0.3, -0.25) is 9.36 Å². The Morgan fingerprint density at radius 2 is 1.94 bits per heavy atom. The normalized spacial score (nSPS) is 16.8. The van der Waals surface area contributed by atoms with Crippen LogP contribution in [-0.4, -0.2) is 16.8 Å². The maximum Gasteiger partial charge on any atom is 0.271 e. The van der Waals surface area contributed by atoms with Gasteiger partial charge >= 0.3 is 0 Å². The van der Waals surface area contributed by atoms with Crippen molar-refractivity contribution < 1.29 is 14.2 Å². The monoisotopic (exact) mass is 562 g/mol. The molecule has 0 fully saturated rings. The van der Waals surface area contributed by atoms with E-state index in [1.165, 1.54) is 36.1 Å². The molecular weight excluding hydrogens is 543 g/mol. The van der Waals surface area contributed by atoms with Gasteiger partial charge in [-0.25, -0.2) is 9.38 Å². The summed E-state index contributed by atoms with van der Waals surface area (Å²) in [5.41, 5.74) is 5.30. The zero-order chi connectivity index (χ0) is 25.0. The summed E-state index contributed by atoms with van der Waals surface area (Å²) in [5, 5.41) is 10.7. The van der Waals surface area contributed by atoms with E-state index in [0.717, 1.165) is 35.2 Å². The van der Waals surface area contributed by atoms with Crippen LogP contribution < -0.4 is 19.6 Å². The number of rotatable bonds is 3. The Balaban J connectivity index is 1.62. The van der Waals surface area contributed by atoms with Gasteiger partial charge in [0.15, 0.2) is 16.3 Å². The van der Waals surface area contributed by atoms with Crippen LogP contribution in [0, 0.1) is 5.82 Å². The lowest BCUT2D eigenvalue weighted by molar-refractivity contribution is 0.372. The molecule has 1 aromatic heterocycles. The van der Waals surface area contributed by atoms with Gasteiger partial charge in [-0.05, 0) is 59.9 Å². The summed E-state index contributed by atoms with van der Waals surface area (Å²) in [6.45, 7) is 0. The summed E-state index contributed by atoms with van der Waals surface area (Å²) in [5.74, 6) is -0.0667. The number of aromatic nitrogens is 1. The molecule has 0 unspecified atom stereocenters. The van der Waals surface area contributed by atoms with Crippen molar-refractivity contribution in [2.24, 2.45) is 4.99 Å². The number of ether oxygens (including phenoxy) is 1. The Bertz CT molecular complexity index is 1740. The van der Waals surface area contributed by atoms with E-state index >= 15 is 0 Å². The number of allylic oxidation sites excluding steroid dienone is 1. The molecule has 2 aliphatic rings. The van der Waals surface area contributed by atoms with E-state index in [2.05, 4.69) is 28.1 Å². The second kappa shape index (κ2) is 8.87. The average Bonchev–Trinajstić information content (AvgIpc) is 3.19. The fourth-order valence-corrected chi connectivity index (χ4v) is 6.42. The molecule has 1 aliphatic carbocycles. The van der Waals surface area contributed by atoms with Crippen molar-refractivity contribution in [3.05, 3.63) is 118 Å². The minimum absolute atomic E-state index is 0.0464. The third-order valence-electron chi connectivity index (χ3n) is 6.63. The minimum atomic E-state index is -0.391. The maximum atomic E-state index is 13.8. The van der Waals surface area contributed by atoms with E-state index < -0.39 is 6.04 Å². The SMILES string of the molecule is COc1cc(Br)cc(/C=c2/sc3n(c2=O)[C@H](c2ccc(F)cc2)C2=C(N=3)c3ccccc3CC2)c1O. The number of aromatic hydroxyl groups is 1. The van der Waals surface area contributed by atoms with E-state index in [-0.39, 0.29) is 17.1 Å². The Morgan fingerprint density at radius 1 is 1.17 bits per heavy atom. The van der Waals surface area contributed by atoms with E-state index in [4.69, 9.17) is 9.73 Å². The van der Waals surface area contributed by atoms with Crippen LogP contribution in [0.1, 0.15) is 34.7 Å². The number of fused-ring (bicyclic) bond motifs is 3. The molecule has 0 saturated heterocycles. The highest BCUT2D eigenvalue weighted by Gasteiger charge is 2.32. The van der Waals surface area contributed by atoms with Crippen molar-refractivity contribution in [3.63, 3.8) is 0 Å². The fourth-order valence-electron chi connectivity index (χ4n) is 4.97. The van der Waals surface area contributed by atoms with Crippen LogP contribution in [0.15, 0.2) is 80.5 Å². The van der Waals surface area contributed by atoms with Crippen molar-refractivity contribution >= 4 is 39.0 Å². The highest BCUT2D eigenvalue weighted by Crippen LogP contribution is 2.41. The van der Waals surface area contributed by atoms with Crippen molar-refractivity contribution in [3.8, 4) is 11.5 Å². The van der Waals surface area contributed by atoms with E-state index in [1.807, 2.05) is 12.1 Å². The van der Waals surface area contributed by atoms with E-state index in [0.29, 0.717) is 25.1 Å². The lowest BCUT2D eigenvalue weighted by Gasteiger charge is -2.30. The first-order valence-electron chi connectivity index (χ1n) is 11.4. The van der Waals surface area contributed by atoms with Gasteiger partial charge < -0.3 is 9.84 Å². The zero-order valence-corrected chi connectivity index (χ0v) is 21.6. The molecule has 0 amide bonds. The van der Waals surface area contributed by atoms with Gasteiger partial charge in [-0.1, -0.05) is 63.7 Å². The van der Waals surface area contributed by atoms with Gasteiger partial charge in [0.25, 0.3) is 5.56 Å². The van der Waals surface area contributed by atoms with Crippen molar-refractivity contribution in [1.82, 2.24) is 4.57 Å². The Hall–Kier alpha value is -3.49. The molecule has 5 nitrogen and oxygen atoms in total. The molecule has 0 saturated carbocycles. The van der Waals surface area contributed by atoms with Gasteiger partial charge in [0.1, 0.15) is 5.82 Å². The minimum Gasteiger partial charge on any atom is -0.504 e. The predicted octanol–water partition coefficient (Wildman–Crippen LogP) is 4.93. The van der Waals surface area contributed by atoms with Crippen LogP contribution in [0.25, 0.3) is 11.8 Å². The molecule has 4 aromatic rings. The molecule has 36 heavy (non-hydrogen) atoms. The summed E-state index contributed by atoms with van der Waals surface area (Å²) in [4.78, 5) is 19.3. The second-order valence-corrected chi connectivity index (χ2v) is 10.6. The van der Waals surface area contributed by atoms with Crippen LogP contribution in [0.5, 0.6) is 11.5 Å². The lowest BCUT2D eigenvalue weighted by Crippen LogP contribution is -2.38. The highest BCUT2D eigenvalue weighted by atomic mass is 79.9. The Kier molecular flexibility index (Phi) is 5.65. The van der Waals surface area contributed by atoms with Crippen molar-refractivity contribution in [2.75, 3.05) is 7.11 Å². The third-order valence-corrected chi connectivity index (χ3v) is 8.08. The van der Waals surface area contributed by atoms with Crippen LogP contribution in [-0.2, 0) is 6.42 Å². The quantitative estimate of drug-likeness (QED) is 0.385. The molecule has 180 valence electrons. The molecule has 3 aromatic carbocycles. The molecule has 1 atom stereocenters. The zero-order valence-electron chi connectivity index (χ0n) is 19.2. The van der Waals surface area contributed by atoms with Crippen LogP contribution in [0.4, 0.5) is 4.39 Å². The topological polar surface area (TPSA) is 63.8 Å². The summed E-state index contributed by atoms with van der Waals surface area (Å²) in [7, 11) is 1.48. The van der Waals surface area contributed by atoms with Crippen LogP contribution in [0.3, 0.4) is 0 Å². The number of halogens is 2. The maximum absolute atomic E-state index is 13.8. The first kappa shape index (κ1) is 22.9. The van der Waals surface area contributed by atoms with Gasteiger partial charge in [0, 0.05) is 15.6 Å². The van der Waals surface area contributed by atoms with Crippen molar-refractivity contribution in [1.29, 1.82) is 0 Å². The first-order chi connectivity index (χ1) is 17.4. The molecule has 0 radical (unpaired) electrons. The lowest BCUT2D eigenvalue weighted by atomic mass is 9.83. The Morgan fingerprint density at radius 3 is 2.72 bits per heavy atom. The standard InChI is InChI=1S/C28H20BrFN2O3S/c1-35-22-14-18(29)12-17(26(22)33)13-23-27(34)32-25(16-6-9-19(30)10-7-16)21-11-8-15-4-2-3-5-20(15)24(21)31-28(32)36-23/h2-7,9-10,12-14,25,33H,8,11H2,1H3/b23-13+/t25-/m1/s1. The molecular formula is C28H20BrFN2O3S. The number of phenolic OH excluding ortho intramolecular Hbond substituents is 1. The largest absolute Gasteiger partial charge is 0.504 e. The van der Waals surface area contributed by atoms with Crippen LogP contribution >= 0.6 is 27.3 Å². The summed E-state index contributed by atoms with van der Waals surface area (Å²) >= 11 is 4.70. The fraction of sp³-hybridized carbons (Fsp3) is 0.143. The number of benzene rings is 3. The van der Waals surface area contributed by atoms with E-state index in [1.54, 1.807) is 34.9 Å². The number of methoxy groups -OCH3 is 1. The predicted molar refractivity (Wildman–Crippen MR) is 142 cm³/mol. The smallest absolute Gasteiger partial charge is 0.271 e. The molecule has 0 bridgehead atoms. The number of thiazole rings is 1. The molecule has 2 heterocycles.